The van der Waals surface area contributed by atoms with Crippen molar-refractivity contribution in [2.75, 3.05) is 19.6 Å². The Morgan fingerprint density at radius 3 is 2.44 bits per heavy atom. The Balaban J connectivity index is 0.00000320. The normalized spacial score (nSPS) is 30.9. The molecule has 6 nitrogen and oxygen atoms in total. The van der Waals surface area contributed by atoms with Crippen LogP contribution >= 0.6 is 11.6 Å². The number of carbonyl (C=O) groups is 1. The molecule has 1 heterocycles. The van der Waals surface area contributed by atoms with E-state index in [1.165, 1.54) is 12.8 Å². The average molecular weight is 477 g/mol. The van der Waals surface area contributed by atoms with Crippen LogP contribution in [0.15, 0.2) is 11.1 Å². The van der Waals surface area contributed by atoms with E-state index in [4.69, 9.17) is 11.6 Å². The van der Waals surface area contributed by atoms with E-state index in [-0.39, 0.29) is 47.8 Å². The molecule has 0 aromatic heterocycles. The van der Waals surface area contributed by atoms with Gasteiger partial charge in [-0.1, -0.05) is 52.8 Å². The van der Waals surface area contributed by atoms with E-state index in [9.17, 15) is 9.90 Å². The summed E-state index contributed by atoms with van der Waals surface area (Å²) in [5, 5.41) is 14.1. The van der Waals surface area contributed by atoms with Gasteiger partial charge in [0.2, 0.25) is 5.91 Å². The number of halogens is 1. The number of carbonyl (C=O) groups excluding carboxylic acids is 1. The van der Waals surface area contributed by atoms with Gasteiger partial charge in [-0.3, -0.25) is 4.79 Å². The zero-order chi connectivity index (χ0) is 21.2. The first-order valence-corrected chi connectivity index (χ1v) is 12.1. The van der Waals surface area contributed by atoms with Crippen molar-refractivity contribution >= 4 is 17.5 Å². The number of aliphatic hydroxyl groups excluding tert-OH is 1. The SMILES string of the molecule is C.CC(C)[C@H](CN1CCC(C2CC=C(Cl)CC2)C(C)(C)C1)NC(=O)[C@@H]1CC[C@H](O)C1.O.O. The second kappa shape index (κ2) is 13.3. The van der Waals surface area contributed by atoms with Crippen molar-refractivity contribution in [3.8, 4) is 0 Å². The predicted octanol–water partition coefficient (Wildman–Crippen LogP) is 3.55. The van der Waals surface area contributed by atoms with Crippen LogP contribution in [0.3, 0.4) is 0 Å². The second-order valence-corrected chi connectivity index (χ2v) is 11.3. The van der Waals surface area contributed by atoms with Crippen molar-refractivity contribution in [2.45, 2.75) is 92.2 Å². The van der Waals surface area contributed by atoms with Crippen LogP contribution in [0.25, 0.3) is 0 Å². The Morgan fingerprint density at radius 2 is 1.94 bits per heavy atom. The molecule has 1 amide bonds. The molecule has 2 aliphatic carbocycles. The number of likely N-dealkylation sites (tertiary alicyclic amines) is 1. The van der Waals surface area contributed by atoms with Crippen molar-refractivity contribution in [3.63, 3.8) is 0 Å². The Morgan fingerprint density at radius 1 is 1.25 bits per heavy atom. The molecule has 3 aliphatic rings. The molecule has 0 aromatic carbocycles. The molecule has 2 unspecified atom stereocenters. The molecule has 7 heteroatoms. The first-order valence-electron chi connectivity index (χ1n) is 11.7. The fourth-order valence-electron chi connectivity index (χ4n) is 5.90. The predicted molar refractivity (Wildman–Crippen MR) is 134 cm³/mol. The highest BCUT2D eigenvalue weighted by atomic mass is 35.5. The minimum atomic E-state index is -0.299. The van der Waals surface area contributed by atoms with Gasteiger partial charge in [0.25, 0.3) is 0 Å². The van der Waals surface area contributed by atoms with Crippen molar-refractivity contribution in [3.05, 3.63) is 11.1 Å². The third kappa shape index (κ3) is 7.98. The number of nitrogens with zero attached hydrogens (tertiary/aromatic N) is 1. The van der Waals surface area contributed by atoms with Crippen molar-refractivity contribution < 1.29 is 20.9 Å². The Bertz CT molecular complexity index is 611. The smallest absolute Gasteiger partial charge is 0.223 e. The minimum Gasteiger partial charge on any atom is -0.412 e. The number of hydrogen-bond donors (Lipinski definition) is 2. The van der Waals surface area contributed by atoms with Crippen LogP contribution in [0.1, 0.15) is 80.1 Å². The lowest BCUT2D eigenvalue weighted by Gasteiger charge is -2.49. The third-order valence-electron chi connectivity index (χ3n) is 7.72. The van der Waals surface area contributed by atoms with Gasteiger partial charge in [-0.2, -0.15) is 0 Å². The van der Waals surface area contributed by atoms with Crippen molar-refractivity contribution in [1.29, 1.82) is 0 Å². The summed E-state index contributed by atoms with van der Waals surface area (Å²) in [6.07, 6.45) is 8.76. The van der Waals surface area contributed by atoms with Gasteiger partial charge >= 0.3 is 0 Å². The summed E-state index contributed by atoms with van der Waals surface area (Å²) in [6.45, 7) is 12.4. The van der Waals surface area contributed by atoms with E-state index in [0.717, 1.165) is 62.2 Å². The summed E-state index contributed by atoms with van der Waals surface area (Å²) in [4.78, 5) is 15.3. The van der Waals surface area contributed by atoms with Crippen LogP contribution < -0.4 is 5.32 Å². The van der Waals surface area contributed by atoms with Gasteiger partial charge < -0.3 is 26.3 Å². The number of piperidine rings is 1. The van der Waals surface area contributed by atoms with Crippen LogP contribution in [-0.4, -0.2) is 58.6 Å². The van der Waals surface area contributed by atoms with Crippen molar-refractivity contribution in [1.82, 2.24) is 10.2 Å². The molecule has 32 heavy (non-hydrogen) atoms. The summed E-state index contributed by atoms with van der Waals surface area (Å²) in [5.41, 5.74) is 0.279. The lowest BCUT2D eigenvalue weighted by molar-refractivity contribution is -0.126. The van der Waals surface area contributed by atoms with Gasteiger partial charge in [0.05, 0.1) is 6.10 Å². The number of nitrogens with one attached hydrogen (secondary N) is 1. The molecule has 3 rings (SSSR count). The number of amides is 1. The molecular formula is C25H49ClN2O4. The largest absolute Gasteiger partial charge is 0.412 e. The topological polar surface area (TPSA) is 116 Å². The number of rotatable bonds is 6. The molecule has 0 bridgehead atoms. The maximum absolute atomic E-state index is 12.7. The summed E-state index contributed by atoms with van der Waals surface area (Å²) >= 11 is 6.20. The van der Waals surface area contributed by atoms with Gasteiger partial charge in [-0.25, -0.2) is 0 Å². The van der Waals surface area contributed by atoms with Crippen LogP contribution in [0, 0.1) is 29.1 Å². The first kappa shape index (κ1) is 31.3. The molecule has 1 aliphatic heterocycles. The maximum Gasteiger partial charge on any atom is 0.223 e. The highest BCUT2D eigenvalue weighted by Crippen LogP contribution is 2.45. The molecule has 5 atom stereocenters. The second-order valence-electron chi connectivity index (χ2n) is 10.8. The lowest BCUT2D eigenvalue weighted by Crippen LogP contribution is -2.54. The molecule has 0 spiro atoms. The van der Waals surface area contributed by atoms with Crippen molar-refractivity contribution in [2.24, 2.45) is 29.1 Å². The standard InChI is InChI=1S/C24H41ClN2O2.CH4.2H2O/c1-16(2)22(26-23(29)18-7-10-20(28)13-18)14-27-12-11-21(24(3,4)15-27)17-5-8-19(25)9-6-17;;;/h8,16-18,20-22,28H,5-7,9-15H2,1-4H3,(H,26,29);1H4;2*1H2/t17?,18-,20+,21?,22+;;;/m1.../s1. The van der Waals surface area contributed by atoms with Gasteiger partial charge in [0, 0.05) is 30.1 Å². The molecule has 0 radical (unpaired) electrons. The zero-order valence-corrected chi connectivity index (χ0v) is 20.5. The fraction of sp³-hybridized carbons (Fsp3) is 0.880. The van der Waals surface area contributed by atoms with Crippen LogP contribution in [0.5, 0.6) is 0 Å². The number of hydrogen-bond acceptors (Lipinski definition) is 3. The molecule has 0 aromatic rings. The van der Waals surface area contributed by atoms with Crippen LogP contribution in [0.4, 0.5) is 0 Å². The quantitative estimate of drug-likeness (QED) is 0.610. The molecule has 2 fully saturated rings. The van der Waals surface area contributed by atoms with Crippen LogP contribution in [0.2, 0.25) is 0 Å². The molecule has 190 valence electrons. The molecule has 1 saturated carbocycles. The monoisotopic (exact) mass is 476 g/mol. The van der Waals surface area contributed by atoms with Gasteiger partial charge in [-0.05, 0) is 74.7 Å². The van der Waals surface area contributed by atoms with E-state index in [0.29, 0.717) is 12.3 Å². The molecule has 1 saturated heterocycles. The molecule has 6 N–H and O–H groups in total. The highest BCUT2D eigenvalue weighted by Gasteiger charge is 2.41. The minimum absolute atomic E-state index is 0. The fourth-order valence-corrected chi connectivity index (χ4v) is 6.10. The zero-order valence-electron chi connectivity index (χ0n) is 19.8. The highest BCUT2D eigenvalue weighted by molar-refractivity contribution is 6.29. The van der Waals surface area contributed by atoms with E-state index in [2.05, 4.69) is 44.0 Å². The average Bonchev–Trinajstić information content (AvgIpc) is 3.08. The first-order chi connectivity index (χ1) is 13.7. The van der Waals surface area contributed by atoms with Gasteiger partial charge in [0.1, 0.15) is 0 Å². The number of allylic oxidation sites excluding steroid dienone is 2. The lowest BCUT2D eigenvalue weighted by atomic mass is 9.65. The summed E-state index contributed by atoms with van der Waals surface area (Å²) < 4.78 is 0. The molecular weight excluding hydrogens is 428 g/mol. The Kier molecular flexibility index (Phi) is 13.0. The third-order valence-corrected chi connectivity index (χ3v) is 8.06. The summed E-state index contributed by atoms with van der Waals surface area (Å²) in [7, 11) is 0. The maximum atomic E-state index is 12.7. The number of aliphatic hydroxyl groups is 1. The Labute approximate surface area is 200 Å². The van der Waals surface area contributed by atoms with Gasteiger partial charge in [-0.15, -0.1) is 0 Å². The van der Waals surface area contributed by atoms with E-state index < -0.39 is 0 Å². The summed E-state index contributed by atoms with van der Waals surface area (Å²) in [6, 6.07) is 0.170. The van der Waals surface area contributed by atoms with E-state index in [1.54, 1.807) is 0 Å². The van der Waals surface area contributed by atoms with E-state index in [1.807, 2.05) is 0 Å². The summed E-state index contributed by atoms with van der Waals surface area (Å²) in [5.74, 6) is 2.02. The Hall–Kier alpha value is -0.660. The van der Waals surface area contributed by atoms with Crippen LogP contribution in [-0.2, 0) is 4.79 Å². The van der Waals surface area contributed by atoms with E-state index >= 15 is 0 Å². The van der Waals surface area contributed by atoms with Gasteiger partial charge in [0.15, 0.2) is 0 Å².